The van der Waals surface area contributed by atoms with Crippen molar-refractivity contribution < 1.29 is 17.9 Å². The second-order valence-corrected chi connectivity index (χ2v) is 7.90. The number of anilines is 1. The number of hydrogen-bond donors (Lipinski definition) is 1. The lowest BCUT2D eigenvalue weighted by atomic mass is 10.2. The van der Waals surface area contributed by atoms with Gasteiger partial charge in [0.2, 0.25) is 0 Å². The molecule has 0 atom stereocenters. The maximum Gasteiger partial charge on any atom is 0.262 e. The molecule has 0 radical (unpaired) electrons. The fraction of sp³-hybridized carbons (Fsp3) is 0.368. The fourth-order valence-corrected chi connectivity index (χ4v) is 3.78. The zero-order valence-corrected chi connectivity index (χ0v) is 15.7. The summed E-state index contributed by atoms with van der Waals surface area (Å²) >= 11 is 0. The second-order valence-electron chi connectivity index (χ2n) is 6.22. The molecular formula is C19H24N2O4S. The van der Waals surface area contributed by atoms with Crippen LogP contribution in [0.15, 0.2) is 53.4 Å². The summed E-state index contributed by atoms with van der Waals surface area (Å²) in [6.07, 6.45) is 0. The average Bonchev–Trinajstić information content (AvgIpc) is 2.64. The number of ether oxygens (including phenoxy) is 2. The van der Waals surface area contributed by atoms with Gasteiger partial charge in [0.25, 0.3) is 10.0 Å². The third kappa shape index (κ3) is 4.97. The van der Waals surface area contributed by atoms with Crippen LogP contribution in [0.25, 0.3) is 0 Å². The zero-order valence-electron chi connectivity index (χ0n) is 14.8. The Hall–Kier alpha value is -2.09. The Balaban J connectivity index is 1.65. The number of para-hydroxylation sites is 2. The highest BCUT2D eigenvalue weighted by Gasteiger charge is 2.16. The molecule has 6 nitrogen and oxygen atoms in total. The van der Waals surface area contributed by atoms with Crippen molar-refractivity contribution in [2.45, 2.75) is 11.8 Å². The lowest BCUT2D eigenvalue weighted by Crippen LogP contribution is -2.38. The van der Waals surface area contributed by atoms with Crippen LogP contribution in [0, 0.1) is 6.92 Å². The lowest BCUT2D eigenvalue weighted by Gasteiger charge is -2.26. The van der Waals surface area contributed by atoms with Crippen LogP contribution in [0.4, 0.5) is 5.69 Å². The van der Waals surface area contributed by atoms with E-state index in [-0.39, 0.29) is 4.90 Å². The molecule has 0 amide bonds. The Morgan fingerprint density at radius 3 is 2.50 bits per heavy atom. The Kier molecular flexibility index (Phi) is 6.13. The molecule has 140 valence electrons. The minimum Gasteiger partial charge on any atom is -0.490 e. The normalized spacial score (nSPS) is 15.6. The van der Waals surface area contributed by atoms with Crippen LogP contribution in [0.2, 0.25) is 0 Å². The van der Waals surface area contributed by atoms with Gasteiger partial charge >= 0.3 is 0 Å². The Morgan fingerprint density at radius 2 is 1.77 bits per heavy atom. The van der Waals surface area contributed by atoms with E-state index in [9.17, 15) is 8.42 Å². The average molecular weight is 376 g/mol. The minimum absolute atomic E-state index is 0.228. The summed E-state index contributed by atoms with van der Waals surface area (Å²) in [5, 5.41) is 0. The minimum atomic E-state index is -3.66. The van der Waals surface area contributed by atoms with E-state index in [1.54, 1.807) is 42.5 Å². The van der Waals surface area contributed by atoms with Crippen molar-refractivity contribution in [3.8, 4) is 5.75 Å². The SMILES string of the molecule is Cc1ccc(S(=O)(=O)Nc2ccccc2OCCN2CCOCC2)cc1. The van der Waals surface area contributed by atoms with Crippen LogP contribution in [0.5, 0.6) is 5.75 Å². The van der Waals surface area contributed by atoms with Crippen LogP contribution >= 0.6 is 0 Å². The number of sulfonamides is 1. The van der Waals surface area contributed by atoms with Gasteiger partial charge in [-0.2, -0.15) is 0 Å². The smallest absolute Gasteiger partial charge is 0.262 e. The molecule has 0 aliphatic carbocycles. The predicted octanol–water partition coefficient (Wildman–Crippen LogP) is 2.51. The first-order valence-electron chi connectivity index (χ1n) is 8.66. The summed E-state index contributed by atoms with van der Waals surface area (Å²) in [5.41, 5.74) is 1.45. The van der Waals surface area contributed by atoms with E-state index in [0.717, 1.165) is 38.4 Å². The Morgan fingerprint density at radius 1 is 1.08 bits per heavy atom. The lowest BCUT2D eigenvalue weighted by molar-refractivity contribution is 0.0323. The first kappa shape index (κ1) is 18.7. The summed E-state index contributed by atoms with van der Waals surface area (Å²) in [4.78, 5) is 2.49. The standard InChI is InChI=1S/C19H24N2O4S/c1-16-6-8-17(9-7-16)26(22,23)20-18-4-2-3-5-19(18)25-15-12-21-10-13-24-14-11-21/h2-9,20H,10-15H2,1H3. The molecule has 0 unspecified atom stereocenters. The van der Waals surface area contributed by atoms with Gasteiger partial charge in [0.05, 0.1) is 23.8 Å². The number of nitrogens with zero attached hydrogens (tertiary/aromatic N) is 1. The molecule has 1 saturated heterocycles. The molecule has 1 fully saturated rings. The first-order chi connectivity index (χ1) is 12.5. The van der Waals surface area contributed by atoms with Crippen LogP contribution in [0.1, 0.15) is 5.56 Å². The molecule has 26 heavy (non-hydrogen) atoms. The van der Waals surface area contributed by atoms with E-state index in [0.29, 0.717) is 18.0 Å². The second kappa shape index (κ2) is 8.53. The highest BCUT2D eigenvalue weighted by Crippen LogP contribution is 2.26. The van der Waals surface area contributed by atoms with Gasteiger partial charge in [0, 0.05) is 19.6 Å². The maximum atomic E-state index is 12.6. The molecule has 2 aromatic rings. The monoisotopic (exact) mass is 376 g/mol. The molecule has 1 N–H and O–H groups in total. The Labute approximate surface area is 154 Å². The first-order valence-corrected chi connectivity index (χ1v) is 10.1. The molecule has 7 heteroatoms. The van der Waals surface area contributed by atoms with Crippen molar-refractivity contribution in [2.75, 3.05) is 44.2 Å². The molecule has 1 aliphatic heterocycles. The summed E-state index contributed by atoms with van der Waals surface area (Å²) in [5.74, 6) is 0.524. The topological polar surface area (TPSA) is 67.9 Å². The summed E-state index contributed by atoms with van der Waals surface area (Å²) in [7, 11) is -3.66. The highest BCUT2D eigenvalue weighted by atomic mass is 32.2. The molecule has 3 rings (SSSR count). The third-order valence-electron chi connectivity index (χ3n) is 4.23. The number of morpholine rings is 1. The van der Waals surface area contributed by atoms with E-state index < -0.39 is 10.0 Å². The molecule has 1 aliphatic rings. The van der Waals surface area contributed by atoms with Crippen molar-refractivity contribution in [3.63, 3.8) is 0 Å². The van der Waals surface area contributed by atoms with Crippen LogP contribution in [-0.4, -0.2) is 52.8 Å². The van der Waals surface area contributed by atoms with E-state index in [2.05, 4.69) is 9.62 Å². The number of benzene rings is 2. The molecule has 0 bridgehead atoms. The number of nitrogens with one attached hydrogen (secondary N) is 1. The van der Waals surface area contributed by atoms with E-state index >= 15 is 0 Å². The molecule has 0 saturated carbocycles. The van der Waals surface area contributed by atoms with Gasteiger partial charge in [-0.1, -0.05) is 29.8 Å². The number of hydrogen-bond acceptors (Lipinski definition) is 5. The van der Waals surface area contributed by atoms with Crippen molar-refractivity contribution in [3.05, 3.63) is 54.1 Å². The summed E-state index contributed by atoms with van der Waals surface area (Å²) in [6, 6.07) is 13.8. The number of rotatable bonds is 7. The Bertz CT molecular complexity index is 816. The zero-order chi connectivity index (χ0) is 18.4. The molecular weight excluding hydrogens is 352 g/mol. The predicted molar refractivity (Wildman–Crippen MR) is 101 cm³/mol. The van der Waals surface area contributed by atoms with E-state index in [1.165, 1.54) is 0 Å². The van der Waals surface area contributed by atoms with Crippen LogP contribution in [0.3, 0.4) is 0 Å². The van der Waals surface area contributed by atoms with E-state index in [1.807, 2.05) is 13.0 Å². The van der Waals surface area contributed by atoms with Gasteiger partial charge in [-0.25, -0.2) is 8.42 Å². The quantitative estimate of drug-likeness (QED) is 0.804. The van der Waals surface area contributed by atoms with Gasteiger partial charge in [0.1, 0.15) is 12.4 Å². The fourth-order valence-electron chi connectivity index (χ4n) is 2.71. The van der Waals surface area contributed by atoms with Crippen molar-refractivity contribution in [2.24, 2.45) is 0 Å². The van der Waals surface area contributed by atoms with Crippen LogP contribution in [-0.2, 0) is 14.8 Å². The third-order valence-corrected chi connectivity index (χ3v) is 5.61. The molecule has 1 heterocycles. The number of aryl methyl sites for hydroxylation is 1. The van der Waals surface area contributed by atoms with Crippen LogP contribution < -0.4 is 9.46 Å². The van der Waals surface area contributed by atoms with Gasteiger partial charge in [-0.3, -0.25) is 9.62 Å². The van der Waals surface area contributed by atoms with Gasteiger partial charge in [0.15, 0.2) is 0 Å². The highest BCUT2D eigenvalue weighted by molar-refractivity contribution is 7.92. The van der Waals surface area contributed by atoms with Crippen molar-refractivity contribution in [1.29, 1.82) is 0 Å². The molecule has 0 spiro atoms. The summed E-state index contributed by atoms with van der Waals surface area (Å²) < 4.78 is 39.0. The van der Waals surface area contributed by atoms with E-state index in [4.69, 9.17) is 9.47 Å². The van der Waals surface area contributed by atoms with Gasteiger partial charge in [-0.05, 0) is 31.2 Å². The van der Waals surface area contributed by atoms with Crippen molar-refractivity contribution in [1.82, 2.24) is 4.90 Å². The van der Waals surface area contributed by atoms with Crippen molar-refractivity contribution >= 4 is 15.7 Å². The maximum absolute atomic E-state index is 12.6. The van der Waals surface area contributed by atoms with Gasteiger partial charge < -0.3 is 9.47 Å². The molecule has 0 aromatic heterocycles. The molecule has 2 aromatic carbocycles. The van der Waals surface area contributed by atoms with Gasteiger partial charge in [-0.15, -0.1) is 0 Å². The largest absolute Gasteiger partial charge is 0.490 e. The summed E-state index contributed by atoms with van der Waals surface area (Å²) in [6.45, 7) is 6.46.